The Morgan fingerprint density at radius 1 is 1.44 bits per heavy atom. The summed E-state index contributed by atoms with van der Waals surface area (Å²) in [6.07, 6.45) is -4.87. The van der Waals surface area contributed by atoms with Gasteiger partial charge in [0.05, 0.1) is 9.50 Å². The van der Waals surface area contributed by atoms with Crippen LogP contribution in [0.3, 0.4) is 0 Å². The maximum atomic E-state index is 12.0. The second-order valence-electron chi connectivity index (χ2n) is 3.34. The molecule has 0 heterocycles. The summed E-state index contributed by atoms with van der Waals surface area (Å²) in [5, 5.41) is 10.3. The molecule has 0 aliphatic heterocycles. The van der Waals surface area contributed by atoms with Gasteiger partial charge < -0.3 is 14.6 Å². The van der Waals surface area contributed by atoms with E-state index in [-0.39, 0.29) is 15.2 Å². The van der Waals surface area contributed by atoms with Crippen LogP contribution in [0, 0.1) is 0 Å². The zero-order valence-corrected chi connectivity index (χ0v) is 11.0. The number of carbonyl (C=O) groups excluding carboxylic acids is 1. The number of hydrogen-bond acceptors (Lipinski definition) is 3. The third-order valence-corrected chi connectivity index (χ3v) is 2.66. The van der Waals surface area contributed by atoms with Gasteiger partial charge in [0.25, 0.3) is 0 Å². The Labute approximate surface area is 114 Å². The molecule has 0 aliphatic carbocycles. The Morgan fingerprint density at radius 2 is 2.06 bits per heavy atom. The number of carbonyl (C=O) groups is 1. The van der Waals surface area contributed by atoms with Crippen molar-refractivity contribution in [2.24, 2.45) is 0 Å². The summed E-state index contributed by atoms with van der Waals surface area (Å²) in [6.45, 7) is -1.48. The van der Waals surface area contributed by atoms with Gasteiger partial charge in [-0.05, 0) is 33.6 Å². The Morgan fingerprint density at radius 3 is 2.50 bits per heavy atom. The van der Waals surface area contributed by atoms with Crippen LogP contribution in [0.4, 0.5) is 13.2 Å². The van der Waals surface area contributed by atoms with Gasteiger partial charge in [-0.25, -0.2) is 0 Å². The highest BCUT2D eigenvalue weighted by atomic mass is 79.9. The minimum Gasteiger partial charge on any atom is -0.550 e. The summed E-state index contributed by atoms with van der Waals surface area (Å²) in [6, 6.07) is 2.53. The smallest absolute Gasteiger partial charge is 0.422 e. The summed E-state index contributed by atoms with van der Waals surface area (Å²) in [4.78, 5) is 10.4. The van der Waals surface area contributed by atoms with Crippen LogP contribution in [0.25, 0.3) is 0 Å². The van der Waals surface area contributed by atoms with E-state index < -0.39 is 25.2 Å². The lowest BCUT2D eigenvalue weighted by molar-refractivity contribution is -0.304. The SMILES string of the molecule is O=C([O-])Cc1cc(Cl)c(OCC(F)(F)F)c(Br)c1. The van der Waals surface area contributed by atoms with E-state index in [0.29, 0.717) is 5.56 Å². The predicted octanol–water partition coefficient (Wildman–Crippen LogP) is 2.34. The van der Waals surface area contributed by atoms with Gasteiger partial charge in [0.1, 0.15) is 0 Å². The third kappa shape index (κ3) is 4.73. The van der Waals surface area contributed by atoms with Gasteiger partial charge in [-0.3, -0.25) is 0 Å². The molecule has 8 heteroatoms. The molecular formula is C10H6BrClF3O3-. The summed E-state index contributed by atoms with van der Waals surface area (Å²) < 4.78 is 40.6. The lowest BCUT2D eigenvalue weighted by Gasteiger charge is -2.13. The molecule has 100 valence electrons. The van der Waals surface area contributed by atoms with Gasteiger partial charge in [-0.2, -0.15) is 13.2 Å². The molecule has 1 aromatic carbocycles. The molecule has 1 rings (SSSR count). The molecule has 0 saturated carbocycles. The van der Waals surface area contributed by atoms with E-state index in [1.165, 1.54) is 12.1 Å². The Kier molecular flexibility index (Phi) is 4.86. The molecule has 0 fully saturated rings. The molecule has 0 unspecified atom stereocenters. The lowest BCUT2D eigenvalue weighted by Crippen LogP contribution is -2.24. The maximum absolute atomic E-state index is 12.0. The average Bonchev–Trinajstić information content (AvgIpc) is 2.12. The standard InChI is InChI=1S/C10H7BrClF3O3/c11-6-1-5(3-8(16)17)2-7(12)9(6)18-4-10(13,14)15/h1-2H,3-4H2,(H,16,17)/p-1. The second-order valence-corrected chi connectivity index (χ2v) is 4.60. The molecule has 0 spiro atoms. The largest absolute Gasteiger partial charge is 0.550 e. The van der Waals surface area contributed by atoms with Gasteiger partial charge in [0, 0.05) is 12.4 Å². The number of carboxylic acids is 1. The van der Waals surface area contributed by atoms with E-state index in [9.17, 15) is 23.1 Å². The quantitative estimate of drug-likeness (QED) is 0.841. The number of alkyl halides is 3. The molecule has 0 aromatic heterocycles. The average molecular weight is 347 g/mol. The van der Waals surface area contributed by atoms with Crippen LogP contribution >= 0.6 is 27.5 Å². The van der Waals surface area contributed by atoms with Crippen molar-refractivity contribution in [3.63, 3.8) is 0 Å². The monoisotopic (exact) mass is 345 g/mol. The topological polar surface area (TPSA) is 49.4 Å². The van der Waals surface area contributed by atoms with Crippen LogP contribution in [0.1, 0.15) is 5.56 Å². The fourth-order valence-corrected chi connectivity index (χ4v) is 2.21. The number of halogens is 5. The molecule has 0 N–H and O–H groups in total. The number of benzene rings is 1. The molecule has 0 aliphatic rings. The van der Waals surface area contributed by atoms with Crippen LogP contribution in [-0.4, -0.2) is 18.8 Å². The molecule has 1 aromatic rings. The molecule has 0 amide bonds. The third-order valence-electron chi connectivity index (χ3n) is 1.79. The molecule has 0 radical (unpaired) electrons. The summed E-state index contributed by atoms with van der Waals surface area (Å²) in [5.74, 6) is -1.50. The molecule has 0 saturated heterocycles. The van der Waals surface area contributed by atoms with Gasteiger partial charge in [-0.15, -0.1) is 0 Å². The Bertz CT molecular complexity index is 439. The Balaban J connectivity index is 2.91. The van der Waals surface area contributed by atoms with Crippen LogP contribution in [-0.2, 0) is 11.2 Å². The number of ether oxygens (including phenoxy) is 1. The number of carboxylic acid groups (broad SMARTS) is 1. The molecule has 0 atom stereocenters. The number of rotatable bonds is 4. The predicted molar refractivity (Wildman–Crippen MR) is 59.4 cm³/mol. The van der Waals surface area contributed by atoms with Crippen molar-refractivity contribution in [1.29, 1.82) is 0 Å². The first kappa shape index (κ1) is 15.1. The van der Waals surface area contributed by atoms with Crippen molar-refractivity contribution in [2.75, 3.05) is 6.61 Å². The van der Waals surface area contributed by atoms with E-state index >= 15 is 0 Å². The molecule has 18 heavy (non-hydrogen) atoms. The highest BCUT2D eigenvalue weighted by Gasteiger charge is 2.29. The van der Waals surface area contributed by atoms with Gasteiger partial charge >= 0.3 is 6.18 Å². The minimum absolute atomic E-state index is 0.107. The lowest BCUT2D eigenvalue weighted by atomic mass is 10.1. The Hall–Kier alpha value is -0.950. The van der Waals surface area contributed by atoms with Crippen molar-refractivity contribution < 1.29 is 27.8 Å². The zero-order valence-electron chi connectivity index (χ0n) is 8.68. The van der Waals surface area contributed by atoms with E-state index in [1.54, 1.807) is 0 Å². The van der Waals surface area contributed by atoms with Crippen LogP contribution < -0.4 is 9.84 Å². The molecular weight excluding hydrogens is 340 g/mol. The summed E-state index contributed by atoms with van der Waals surface area (Å²) in [5.41, 5.74) is 0.297. The number of aliphatic carboxylic acids is 1. The fraction of sp³-hybridized carbons (Fsp3) is 0.300. The van der Waals surface area contributed by atoms with E-state index in [4.69, 9.17) is 11.6 Å². The van der Waals surface area contributed by atoms with Crippen LogP contribution in [0.5, 0.6) is 5.75 Å². The first-order valence-electron chi connectivity index (χ1n) is 4.56. The summed E-state index contributed by atoms with van der Waals surface area (Å²) >= 11 is 8.68. The summed E-state index contributed by atoms with van der Waals surface area (Å²) in [7, 11) is 0. The van der Waals surface area contributed by atoms with Crippen LogP contribution in [0.2, 0.25) is 5.02 Å². The zero-order chi connectivity index (χ0) is 13.9. The van der Waals surface area contributed by atoms with Gasteiger partial charge in [0.15, 0.2) is 12.4 Å². The van der Waals surface area contributed by atoms with Crippen molar-refractivity contribution in [2.45, 2.75) is 12.6 Å². The first-order chi connectivity index (χ1) is 8.19. The van der Waals surface area contributed by atoms with Crippen molar-refractivity contribution in [3.05, 3.63) is 27.2 Å². The maximum Gasteiger partial charge on any atom is 0.422 e. The number of hydrogen-bond donors (Lipinski definition) is 0. The molecule has 0 bridgehead atoms. The first-order valence-corrected chi connectivity index (χ1v) is 5.73. The second kappa shape index (κ2) is 5.79. The highest BCUT2D eigenvalue weighted by Crippen LogP contribution is 2.35. The van der Waals surface area contributed by atoms with Crippen molar-refractivity contribution in [1.82, 2.24) is 0 Å². The molecule has 3 nitrogen and oxygen atoms in total. The van der Waals surface area contributed by atoms with E-state index in [0.717, 1.165) is 0 Å². The highest BCUT2D eigenvalue weighted by molar-refractivity contribution is 9.10. The normalized spacial score (nSPS) is 11.4. The van der Waals surface area contributed by atoms with Gasteiger partial charge in [-0.1, -0.05) is 11.6 Å². The van der Waals surface area contributed by atoms with Gasteiger partial charge in [0.2, 0.25) is 0 Å². The fourth-order valence-electron chi connectivity index (χ4n) is 1.17. The van der Waals surface area contributed by atoms with Crippen molar-refractivity contribution >= 4 is 33.5 Å². The van der Waals surface area contributed by atoms with E-state index in [1.807, 2.05) is 0 Å². The van der Waals surface area contributed by atoms with E-state index in [2.05, 4.69) is 20.7 Å². The van der Waals surface area contributed by atoms with Crippen molar-refractivity contribution in [3.8, 4) is 5.75 Å². The minimum atomic E-state index is -4.48. The van der Waals surface area contributed by atoms with Crippen LogP contribution in [0.15, 0.2) is 16.6 Å².